The van der Waals surface area contributed by atoms with Gasteiger partial charge < -0.3 is 0 Å². The van der Waals surface area contributed by atoms with Gasteiger partial charge in [0.05, 0.1) is 22.9 Å². The summed E-state index contributed by atoms with van der Waals surface area (Å²) < 4.78 is 4.03. The lowest BCUT2D eigenvalue weighted by molar-refractivity contribution is 0.216. The van der Waals surface area contributed by atoms with E-state index in [2.05, 4.69) is 49.7 Å². The molecular weight excluding hydrogens is 368 g/mol. The first-order valence-corrected chi connectivity index (χ1v) is 10.4. The molecule has 2 atom stereocenters. The van der Waals surface area contributed by atoms with Gasteiger partial charge in [0.15, 0.2) is 0 Å². The fourth-order valence-electron chi connectivity index (χ4n) is 5.66. The second kappa shape index (κ2) is 5.87. The van der Waals surface area contributed by atoms with Gasteiger partial charge in [-0.1, -0.05) is 74.8 Å². The zero-order valence-electron chi connectivity index (χ0n) is 16.6. The Hall–Kier alpha value is -2.26. The topological polar surface area (TPSA) is 26.9 Å². The van der Waals surface area contributed by atoms with Crippen LogP contribution in [0.4, 0.5) is 0 Å². The van der Waals surface area contributed by atoms with Crippen molar-refractivity contribution in [2.45, 2.75) is 51.5 Å². The summed E-state index contributed by atoms with van der Waals surface area (Å²) in [5.41, 5.74) is 4.35. The molecule has 2 aliphatic carbocycles. The Kier molecular flexibility index (Phi) is 3.73. The highest BCUT2D eigenvalue weighted by Crippen LogP contribution is 2.67. The first kappa shape index (κ1) is 17.8. The Morgan fingerprint density at radius 3 is 2.43 bits per heavy atom. The van der Waals surface area contributed by atoms with Crippen molar-refractivity contribution in [2.24, 2.45) is 5.41 Å². The zero-order valence-corrected chi connectivity index (χ0v) is 17.3. The van der Waals surface area contributed by atoms with E-state index in [1.165, 1.54) is 11.3 Å². The minimum Gasteiger partial charge on any atom is -0.277 e. The fraction of sp³-hybridized carbons (Fsp3) is 0.375. The zero-order chi connectivity index (χ0) is 19.7. The average Bonchev–Trinajstić information content (AvgIpc) is 3.15. The molecule has 2 bridgehead atoms. The van der Waals surface area contributed by atoms with E-state index in [4.69, 9.17) is 11.6 Å². The number of hydrogen-bond donors (Lipinski definition) is 0. The Morgan fingerprint density at radius 1 is 1.04 bits per heavy atom. The molecule has 3 aromatic rings. The van der Waals surface area contributed by atoms with E-state index >= 15 is 0 Å². The maximum absolute atomic E-state index is 13.7. The quantitative estimate of drug-likeness (QED) is 0.576. The van der Waals surface area contributed by atoms with Crippen LogP contribution in [-0.4, -0.2) is 9.36 Å². The minimum absolute atomic E-state index is 0.00650. The number of benzene rings is 2. The Morgan fingerprint density at radius 2 is 1.71 bits per heavy atom. The molecular formula is C24H25ClN2O. The van der Waals surface area contributed by atoms with Crippen LogP contribution < -0.4 is 5.56 Å². The molecule has 0 aliphatic heterocycles. The third-order valence-corrected chi connectivity index (χ3v) is 7.85. The highest BCUT2D eigenvalue weighted by molar-refractivity contribution is 6.32. The summed E-state index contributed by atoms with van der Waals surface area (Å²) in [6, 6.07) is 18.0. The first-order chi connectivity index (χ1) is 13.4. The molecule has 28 heavy (non-hydrogen) atoms. The largest absolute Gasteiger partial charge is 0.277 e. The smallest absolute Gasteiger partial charge is 0.275 e. The van der Waals surface area contributed by atoms with E-state index in [0.29, 0.717) is 17.5 Å². The predicted molar refractivity (Wildman–Crippen MR) is 114 cm³/mol. The van der Waals surface area contributed by atoms with Gasteiger partial charge in [-0.15, -0.1) is 0 Å². The Labute approximate surface area is 170 Å². The second-order valence-electron chi connectivity index (χ2n) is 9.02. The van der Waals surface area contributed by atoms with Gasteiger partial charge >= 0.3 is 0 Å². The highest BCUT2D eigenvalue weighted by atomic mass is 35.5. The van der Waals surface area contributed by atoms with E-state index in [1.807, 2.05) is 35.0 Å². The van der Waals surface area contributed by atoms with Crippen LogP contribution in [0.3, 0.4) is 0 Å². The number of para-hydroxylation sites is 1. The number of hydrogen-bond acceptors (Lipinski definition) is 1. The molecule has 1 fully saturated rings. The summed E-state index contributed by atoms with van der Waals surface area (Å²) in [5.74, 6) is 0.311. The van der Waals surface area contributed by atoms with Crippen LogP contribution in [0.25, 0.3) is 5.69 Å². The third kappa shape index (κ3) is 2.14. The summed E-state index contributed by atoms with van der Waals surface area (Å²) in [4.78, 5) is 13.7. The fourth-order valence-corrected chi connectivity index (χ4v) is 5.87. The van der Waals surface area contributed by atoms with Gasteiger partial charge in [0.2, 0.25) is 0 Å². The van der Waals surface area contributed by atoms with Gasteiger partial charge in [-0.3, -0.25) is 9.48 Å². The summed E-state index contributed by atoms with van der Waals surface area (Å²) >= 11 is 6.53. The van der Waals surface area contributed by atoms with Gasteiger partial charge in [0, 0.05) is 11.0 Å². The molecule has 0 radical (unpaired) electrons. The van der Waals surface area contributed by atoms with E-state index in [0.717, 1.165) is 24.1 Å². The highest BCUT2D eigenvalue weighted by Gasteiger charge is 2.62. The first-order valence-electron chi connectivity index (χ1n) is 10.0. The molecule has 3 nitrogen and oxygen atoms in total. The Bertz CT molecular complexity index is 1130. The molecule has 0 N–H and O–H groups in total. The van der Waals surface area contributed by atoms with Crippen molar-refractivity contribution in [3.63, 3.8) is 0 Å². The molecule has 2 aromatic carbocycles. The summed E-state index contributed by atoms with van der Waals surface area (Å²) in [5, 5.41) is 0.604. The van der Waals surface area contributed by atoms with Crippen LogP contribution in [0.2, 0.25) is 5.02 Å². The monoisotopic (exact) mass is 392 g/mol. The summed E-state index contributed by atoms with van der Waals surface area (Å²) in [6.07, 6.45) is 2.21. The molecule has 0 saturated heterocycles. The van der Waals surface area contributed by atoms with Crippen LogP contribution in [-0.2, 0) is 12.0 Å². The molecule has 1 heterocycles. The Balaban J connectivity index is 1.82. The van der Waals surface area contributed by atoms with Gasteiger partial charge in [-0.25, -0.2) is 4.68 Å². The molecule has 5 rings (SSSR count). The van der Waals surface area contributed by atoms with Crippen LogP contribution in [0.1, 0.15) is 56.4 Å². The van der Waals surface area contributed by atoms with Gasteiger partial charge in [-0.2, -0.15) is 0 Å². The second-order valence-corrected chi connectivity index (χ2v) is 9.43. The van der Waals surface area contributed by atoms with Crippen molar-refractivity contribution in [1.82, 2.24) is 9.36 Å². The van der Waals surface area contributed by atoms with Crippen LogP contribution >= 0.6 is 11.6 Å². The molecule has 1 aromatic heterocycles. The van der Waals surface area contributed by atoms with Crippen molar-refractivity contribution in [2.75, 3.05) is 0 Å². The maximum atomic E-state index is 13.7. The van der Waals surface area contributed by atoms with Crippen molar-refractivity contribution in [3.8, 4) is 5.69 Å². The van der Waals surface area contributed by atoms with Crippen LogP contribution in [0.15, 0.2) is 59.4 Å². The lowest BCUT2D eigenvalue weighted by Gasteiger charge is -2.36. The molecule has 0 unspecified atom stereocenters. The molecule has 144 valence electrons. The molecule has 0 amide bonds. The minimum atomic E-state index is -0.00650. The molecule has 0 spiro atoms. The molecule has 4 heteroatoms. The van der Waals surface area contributed by atoms with E-state index in [-0.39, 0.29) is 16.4 Å². The SMILES string of the molecule is CC1(C)[C@@H]2CC[C@@]1(C)c1c2c(=O)n(-c2ccccc2Cl)n1Cc1ccccc1. The maximum Gasteiger partial charge on any atom is 0.275 e. The molecule has 2 aliphatic rings. The van der Waals surface area contributed by atoms with Crippen molar-refractivity contribution < 1.29 is 0 Å². The van der Waals surface area contributed by atoms with Crippen LogP contribution in [0.5, 0.6) is 0 Å². The average molecular weight is 393 g/mol. The van der Waals surface area contributed by atoms with Gasteiger partial charge in [0.1, 0.15) is 0 Å². The lowest BCUT2D eigenvalue weighted by Crippen LogP contribution is -2.36. The number of fused-ring (bicyclic) bond motifs is 5. The number of halogens is 1. The predicted octanol–water partition coefficient (Wildman–Crippen LogP) is 5.52. The summed E-state index contributed by atoms with van der Waals surface area (Å²) in [6.45, 7) is 7.67. The van der Waals surface area contributed by atoms with Gasteiger partial charge in [0.25, 0.3) is 5.56 Å². The number of nitrogens with zero attached hydrogens (tertiary/aromatic N) is 2. The summed E-state index contributed by atoms with van der Waals surface area (Å²) in [7, 11) is 0. The van der Waals surface area contributed by atoms with E-state index < -0.39 is 0 Å². The van der Waals surface area contributed by atoms with Crippen molar-refractivity contribution in [3.05, 3.63) is 86.8 Å². The van der Waals surface area contributed by atoms with Crippen molar-refractivity contribution in [1.29, 1.82) is 0 Å². The van der Waals surface area contributed by atoms with Gasteiger partial charge in [-0.05, 0) is 41.9 Å². The number of aromatic nitrogens is 2. The lowest BCUT2D eigenvalue weighted by atomic mass is 9.70. The van der Waals surface area contributed by atoms with E-state index in [9.17, 15) is 4.79 Å². The standard InChI is InChI=1S/C24H25ClN2O/c1-23(2)17-13-14-24(23,3)21-20(17)22(28)27(19-12-8-7-11-18(19)25)26(21)15-16-9-5-4-6-10-16/h4-12,17H,13-15H2,1-3H3/t17-,24+/m1/s1. The van der Waals surface area contributed by atoms with Crippen molar-refractivity contribution >= 4 is 11.6 Å². The van der Waals surface area contributed by atoms with E-state index in [1.54, 1.807) is 0 Å². The third-order valence-electron chi connectivity index (χ3n) is 7.53. The van der Waals surface area contributed by atoms with Crippen LogP contribution in [0, 0.1) is 5.41 Å². The normalized spacial score (nSPS) is 24.5. The number of rotatable bonds is 3. The molecule has 1 saturated carbocycles.